The number of rotatable bonds is 1. The summed E-state index contributed by atoms with van der Waals surface area (Å²) >= 11 is 3.31. The molecular weight excluding hydrogens is 282 g/mol. The number of hydrogen-bond acceptors (Lipinski definition) is 3. The molecule has 4 nitrogen and oxygen atoms in total. The van der Waals surface area contributed by atoms with E-state index in [1.54, 1.807) is 18.2 Å². The predicted octanol–water partition coefficient (Wildman–Crippen LogP) is 1.61. The third-order valence-corrected chi connectivity index (χ3v) is 3.82. The van der Waals surface area contributed by atoms with Gasteiger partial charge in [-0.2, -0.15) is 0 Å². The number of nitrogens with zero attached hydrogens (tertiary/aromatic N) is 1. The molecule has 0 atom stereocenters. The Morgan fingerprint density at radius 3 is 2.87 bits per heavy atom. The third-order valence-electron chi connectivity index (χ3n) is 2.14. The van der Waals surface area contributed by atoms with Gasteiger partial charge in [0, 0.05) is 4.47 Å². The van der Waals surface area contributed by atoms with Gasteiger partial charge in [0.15, 0.2) is 0 Å². The van der Waals surface area contributed by atoms with Gasteiger partial charge in [0.2, 0.25) is 10.0 Å². The van der Waals surface area contributed by atoms with Gasteiger partial charge in [-0.1, -0.05) is 15.9 Å². The van der Waals surface area contributed by atoms with Crippen LogP contribution in [0.5, 0.6) is 5.75 Å². The van der Waals surface area contributed by atoms with Crippen molar-refractivity contribution in [2.45, 2.75) is 0 Å². The van der Waals surface area contributed by atoms with Gasteiger partial charge in [0.1, 0.15) is 12.4 Å². The highest BCUT2D eigenvalue weighted by Gasteiger charge is 2.24. The molecule has 6 heteroatoms. The van der Waals surface area contributed by atoms with E-state index in [0.29, 0.717) is 24.6 Å². The highest BCUT2D eigenvalue weighted by atomic mass is 79.9. The predicted molar refractivity (Wildman–Crippen MR) is 61.8 cm³/mol. The molecule has 1 aromatic rings. The Morgan fingerprint density at radius 2 is 2.20 bits per heavy atom. The first-order valence-electron chi connectivity index (χ1n) is 4.38. The van der Waals surface area contributed by atoms with Crippen molar-refractivity contribution < 1.29 is 13.2 Å². The zero-order chi connectivity index (χ0) is 11.1. The average Bonchev–Trinajstić information content (AvgIpc) is 2.15. The summed E-state index contributed by atoms with van der Waals surface area (Å²) in [4.78, 5) is 0. The molecule has 0 saturated heterocycles. The third kappa shape index (κ3) is 2.10. The van der Waals surface area contributed by atoms with Crippen LogP contribution in [0.15, 0.2) is 22.7 Å². The summed E-state index contributed by atoms with van der Waals surface area (Å²) < 4.78 is 30.6. The van der Waals surface area contributed by atoms with E-state index in [1.807, 2.05) is 0 Å². The van der Waals surface area contributed by atoms with Crippen molar-refractivity contribution >= 4 is 31.6 Å². The molecule has 1 aliphatic rings. The topological polar surface area (TPSA) is 46.6 Å². The minimum Gasteiger partial charge on any atom is -0.489 e. The molecule has 2 rings (SSSR count). The summed E-state index contributed by atoms with van der Waals surface area (Å²) in [6.07, 6.45) is 1.20. The first-order chi connectivity index (χ1) is 6.98. The number of ether oxygens (including phenoxy) is 1. The second kappa shape index (κ2) is 3.68. The number of anilines is 1. The van der Waals surface area contributed by atoms with Crippen molar-refractivity contribution in [3.8, 4) is 5.75 Å². The van der Waals surface area contributed by atoms with Crippen molar-refractivity contribution in [2.75, 3.05) is 23.7 Å². The van der Waals surface area contributed by atoms with Crippen molar-refractivity contribution in [3.05, 3.63) is 22.7 Å². The fraction of sp³-hybridized carbons (Fsp3) is 0.333. The summed E-state index contributed by atoms with van der Waals surface area (Å²) in [5.74, 6) is 0.598. The van der Waals surface area contributed by atoms with Crippen molar-refractivity contribution in [1.82, 2.24) is 0 Å². The highest BCUT2D eigenvalue weighted by molar-refractivity contribution is 9.10. The minimum absolute atomic E-state index is 0.369. The Bertz CT molecular complexity index is 486. The van der Waals surface area contributed by atoms with E-state index in [0.717, 1.165) is 4.47 Å². The molecular formula is C9H10BrNO3S. The number of hydrogen-bond donors (Lipinski definition) is 0. The number of fused-ring (bicyclic) bond motifs is 1. The molecule has 0 radical (unpaired) electrons. The first-order valence-corrected chi connectivity index (χ1v) is 7.03. The summed E-state index contributed by atoms with van der Waals surface area (Å²) in [6, 6.07) is 5.30. The molecule has 0 unspecified atom stereocenters. The van der Waals surface area contributed by atoms with Crippen molar-refractivity contribution in [1.29, 1.82) is 0 Å². The average molecular weight is 292 g/mol. The first kappa shape index (κ1) is 10.8. The second-order valence-corrected chi connectivity index (χ2v) is 6.12. The molecule has 0 amide bonds. The van der Waals surface area contributed by atoms with Gasteiger partial charge in [0.25, 0.3) is 0 Å². The molecule has 0 spiro atoms. The lowest BCUT2D eigenvalue weighted by atomic mass is 10.2. The fourth-order valence-electron chi connectivity index (χ4n) is 1.51. The standard InChI is InChI=1S/C9H10BrNO3S/c1-15(12,13)11-4-5-14-9-6-7(10)2-3-8(9)11/h2-3,6H,4-5H2,1H3. The molecule has 0 aliphatic carbocycles. The van der Waals surface area contributed by atoms with Gasteiger partial charge < -0.3 is 4.74 Å². The van der Waals surface area contributed by atoms with Crippen LogP contribution in [0.4, 0.5) is 5.69 Å². The zero-order valence-corrected chi connectivity index (χ0v) is 10.5. The monoisotopic (exact) mass is 291 g/mol. The van der Waals surface area contributed by atoms with Crippen molar-refractivity contribution in [3.63, 3.8) is 0 Å². The normalized spacial score (nSPS) is 15.7. The summed E-state index contributed by atoms with van der Waals surface area (Å²) in [6.45, 7) is 0.754. The van der Waals surface area contributed by atoms with Crippen LogP contribution < -0.4 is 9.04 Å². The van der Waals surface area contributed by atoms with E-state index >= 15 is 0 Å². The molecule has 1 aliphatic heterocycles. The Balaban J connectivity index is 2.52. The van der Waals surface area contributed by atoms with Crippen molar-refractivity contribution in [2.24, 2.45) is 0 Å². The summed E-state index contributed by atoms with van der Waals surface area (Å²) in [7, 11) is -3.21. The summed E-state index contributed by atoms with van der Waals surface area (Å²) in [5.41, 5.74) is 0.604. The van der Waals surface area contributed by atoms with Crippen LogP contribution in [-0.4, -0.2) is 27.8 Å². The van der Waals surface area contributed by atoms with Gasteiger partial charge in [-0.25, -0.2) is 8.42 Å². The molecule has 0 bridgehead atoms. The van der Waals surface area contributed by atoms with Gasteiger partial charge in [-0.05, 0) is 18.2 Å². The van der Waals surface area contributed by atoms with Crippen LogP contribution in [0.2, 0.25) is 0 Å². The van der Waals surface area contributed by atoms with Crippen LogP contribution in [0.25, 0.3) is 0 Å². The van der Waals surface area contributed by atoms with E-state index in [2.05, 4.69) is 15.9 Å². The molecule has 0 N–H and O–H groups in total. The molecule has 15 heavy (non-hydrogen) atoms. The van der Waals surface area contributed by atoms with Crippen LogP contribution in [-0.2, 0) is 10.0 Å². The van der Waals surface area contributed by atoms with Gasteiger partial charge in [-0.3, -0.25) is 4.31 Å². The van der Waals surface area contributed by atoms with Crippen LogP contribution in [0.1, 0.15) is 0 Å². The Labute approximate surface area is 97.0 Å². The maximum atomic E-state index is 11.5. The van der Waals surface area contributed by atoms with Gasteiger partial charge in [-0.15, -0.1) is 0 Å². The Kier molecular flexibility index (Phi) is 2.64. The van der Waals surface area contributed by atoms with Crippen LogP contribution >= 0.6 is 15.9 Å². The molecule has 82 valence electrons. The zero-order valence-electron chi connectivity index (χ0n) is 8.10. The fourth-order valence-corrected chi connectivity index (χ4v) is 2.77. The molecule has 0 aromatic heterocycles. The lowest BCUT2D eigenvalue weighted by Crippen LogP contribution is -2.37. The number of halogens is 1. The highest BCUT2D eigenvalue weighted by Crippen LogP contribution is 2.35. The quantitative estimate of drug-likeness (QED) is 0.790. The minimum atomic E-state index is -3.21. The largest absolute Gasteiger partial charge is 0.489 e. The molecule has 1 heterocycles. The maximum Gasteiger partial charge on any atom is 0.232 e. The number of sulfonamides is 1. The Morgan fingerprint density at radius 1 is 1.47 bits per heavy atom. The van der Waals surface area contributed by atoms with E-state index in [4.69, 9.17) is 4.74 Å². The lowest BCUT2D eigenvalue weighted by Gasteiger charge is -2.29. The lowest BCUT2D eigenvalue weighted by molar-refractivity contribution is 0.316. The van der Waals surface area contributed by atoms with Crippen LogP contribution in [0, 0.1) is 0 Å². The summed E-state index contributed by atoms with van der Waals surface area (Å²) in [5, 5.41) is 0. The van der Waals surface area contributed by atoms with Gasteiger partial charge >= 0.3 is 0 Å². The van der Waals surface area contributed by atoms with E-state index in [9.17, 15) is 8.42 Å². The second-order valence-electron chi connectivity index (χ2n) is 3.30. The maximum absolute atomic E-state index is 11.5. The van der Waals surface area contributed by atoms with E-state index < -0.39 is 10.0 Å². The molecule has 1 aromatic carbocycles. The van der Waals surface area contributed by atoms with Crippen LogP contribution in [0.3, 0.4) is 0 Å². The number of benzene rings is 1. The molecule has 0 saturated carbocycles. The molecule has 0 fully saturated rings. The van der Waals surface area contributed by atoms with Gasteiger partial charge in [0.05, 0.1) is 18.5 Å². The Hall–Kier alpha value is -0.750. The van der Waals surface area contributed by atoms with E-state index in [1.165, 1.54) is 10.6 Å². The smallest absolute Gasteiger partial charge is 0.232 e. The SMILES string of the molecule is CS(=O)(=O)N1CCOc2cc(Br)ccc21. The van der Waals surface area contributed by atoms with E-state index in [-0.39, 0.29) is 0 Å².